The number of nitrogens with one attached hydrogen (secondary N) is 1. The zero-order valence-electron chi connectivity index (χ0n) is 15.7. The Labute approximate surface area is 153 Å². The first-order valence-electron chi connectivity index (χ1n) is 8.40. The standard InChI is InChI=1S/C11H15NO2.C7H13NO4/c1-3-9-6-4-5-7-10(9)12-8(2)11(13)14;1-3-11-7(10)5(2)12-6(9)4-8/h4-8,12H,3H2,1-2H3,(H,13,14);5H,3-4,8H2,1-2H3/t8-;/m0./s1. The van der Waals surface area contributed by atoms with E-state index in [9.17, 15) is 14.4 Å². The maximum atomic E-state index is 10.9. The fraction of sp³-hybridized carbons (Fsp3) is 0.500. The van der Waals surface area contributed by atoms with Gasteiger partial charge in [0.05, 0.1) is 13.2 Å². The van der Waals surface area contributed by atoms with Crippen LogP contribution in [0.4, 0.5) is 5.69 Å². The van der Waals surface area contributed by atoms with Gasteiger partial charge in [0.25, 0.3) is 0 Å². The second kappa shape index (κ2) is 12.7. The third-order valence-electron chi connectivity index (χ3n) is 3.23. The van der Waals surface area contributed by atoms with Crippen molar-refractivity contribution in [1.29, 1.82) is 0 Å². The minimum Gasteiger partial charge on any atom is -0.480 e. The van der Waals surface area contributed by atoms with Crippen molar-refractivity contribution in [3.63, 3.8) is 0 Å². The van der Waals surface area contributed by atoms with Gasteiger partial charge in [-0.25, -0.2) is 4.79 Å². The number of hydrogen-bond acceptors (Lipinski definition) is 7. The van der Waals surface area contributed by atoms with Crippen LogP contribution in [0.15, 0.2) is 24.3 Å². The lowest BCUT2D eigenvalue weighted by Gasteiger charge is -2.13. The molecule has 0 amide bonds. The number of aryl methyl sites for hydroxylation is 1. The topological polar surface area (TPSA) is 128 Å². The van der Waals surface area contributed by atoms with Gasteiger partial charge in [-0.1, -0.05) is 25.1 Å². The highest BCUT2D eigenvalue weighted by atomic mass is 16.6. The molecule has 2 atom stereocenters. The van der Waals surface area contributed by atoms with Gasteiger partial charge in [0.2, 0.25) is 0 Å². The van der Waals surface area contributed by atoms with E-state index in [-0.39, 0.29) is 13.2 Å². The molecule has 1 unspecified atom stereocenters. The molecular weight excluding hydrogens is 340 g/mol. The molecule has 26 heavy (non-hydrogen) atoms. The molecule has 0 bridgehead atoms. The number of nitrogens with two attached hydrogens (primary N) is 1. The molecule has 146 valence electrons. The monoisotopic (exact) mass is 368 g/mol. The number of ether oxygens (including phenoxy) is 2. The van der Waals surface area contributed by atoms with Crippen molar-refractivity contribution in [2.75, 3.05) is 18.5 Å². The Balaban J connectivity index is 0.000000488. The molecule has 0 aliphatic rings. The third kappa shape index (κ3) is 9.03. The normalized spacial score (nSPS) is 12.0. The number of para-hydroxylation sites is 1. The molecule has 8 nitrogen and oxygen atoms in total. The molecule has 4 N–H and O–H groups in total. The lowest BCUT2D eigenvalue weighted by Crippen LogP contribution is -2.29. The number of rotatable bonds is 8. The summed E-state index contributed by atoms with van der Waals surface area (Å²) in [5, 5.41) is 11.7. The second-order valence-corrected chi connectivity index (χ2v) is 5.30. The van der Waals surface area contributed by atoms with Gasteiger partial charge in [-0.3, -0.25) is 9.59 Å². The van der Waals surface area contributed by atoms with Crippen LogP contribution in [0.2, 0.25) is 0 Å². The Bertz CT molecular complexity index is 591. The molecule has 0 saturated carbocycles. The van der Waals surface area contributed by atoms with Crippen LogP contribution in [0.1, 0.15) is 33.3 Å². The fourth-order valence-corrected chi connectivity index (χ4v) is 1.82. The lowest BCUT2D eigenvalue weighted by molar-refractivity contribution is -0.165. The molecule has 0 radical (unpaired) electrons. The number of carbonyl (C=O) groups is 3. The van der Waals surface area contributed by atoms with Crippen molar-refractivity contribution in [3.8, 4) is 0 Å². The Hall–Kier alpha value is -2.61. The Morgan fingerprint density at radius 2 is 1.81 bits per heavy atom. The predicted octanol–water partition coefficient (Wildman–Crippen LogP) is 1.57. The predicted molar refractivity (Wildman–Crippen MR) is 97.8 cm³/mol. The quantitative estimate of drug-likeness (QED) is 0.590. The molecule has 0 heterocycles. The van der Waals surface area contributed by atoms with Gasteiger partial charge >= 0.3 is 17.9 Å². The van der Waals surface area contributed by atoms with E-state index in [4.69, 9.17) is 10.8 Å². The summed E-state index contributed by atoms with van der Waals surface area (Å²) in [6.45, 7) is 6.83. The first kappa shape index (κ1) is 23.4. The number of benzene rings is 1. The smallest absolute Gasteiger partial charge is 0.347 e. The van der Waals surface area contributed by atoms with Gasteiger partial charge in [-0.15, -0.1) is 0 Å². The van der Waals surface area contributed by atoms with Crippen molar-refractivity contribution < 1.29 is 29.0 Å². The van der Waals surface area contributed by atoms with Crippen molar-refractivity contribution in [2.24, 2.45) is 5.73 Å². The van der Waals surface area contributed by atoms with Crippen molar-refractivity contribution in [2.45, 2.75) is 46.3 Å². The van der Waals surface area contributed by atoms with Crippen LogP contribution in [0.5, 0.6) is 0 Å². The van der Waals surface area contributed by atoms with Crippen LogP contribution < -0.4 is 11.1 Å². The van der Waals surface area contributed by atoms with Crippen LogP contribution in [-0.4, -0.2) is 48.3 Å². The van der Waals surface area contributed by atoms with E-state index in [1.807, 2.05) is 31.2 Å². The zero-order valence-corrected chi connectivity index (χ0v) is 15.7. The average Bonchev–Trinajstić information content (AvgIpc) is 2.62. The van der Waals surface area contributed by atoms with E-state index in [1.165, 1.54) is 6.92 Å². The molecule has 0 aliphatic carbocycles. The molecule has 8 heteroatoms. The minimum absolute atomic E-state index is 0.232. The molecule has 0 fully saturated rings. The summed E-state index contributed by atoms with van der Waals surface area (Å²) in [6, 6.07) is 7.20. The zero-order chi connectivity index (χ0) is 20.1. The van der Waals surface area contributed by atoms with Crippen LogP contribution in [0.3, 0.4) is 0 Å². The largest absolute Gasteiger partial charge is 0.480 e. The molecule has 1 aromatic rings. The molecule has 0 aliphatic heterocycles. The first-order chi connectivity index (χ1) is 12.3. The van der Waals surface area contributed by atoms with Gasteiger partial charge in [0.15, 0.2) is 6.10 Å². The Kier molecular flexibility index (Phi) is 11.4. The van der Waals surface area contributed by atoms with Crippen molar-refractivity contribution in [3.05, 3.63) is 29.8 Å². The summed E-state index contributed by atoms with van der Waals surface area (Å²) in [4.78, 5) is 32.1. The number of carboxylic acid groups (broad SMARTS) is 1. The van der Waals surface area contributed by atoms with Gasteiger partial charge in [-0.05, 0) is 38.8 Å². The van der Waals surface area contributed by atoms with Crippen LogP contribution >= 0.6 is 0 Å². The fourth-order valence-electron chi connectivity index (χ4n) is 1.82. The Morgan fingerprint density at radius 1 is 1.19 bits per heavy atom. The molecule has 1 rings (SSSR count). The summed E-state index contributed by atoms with van der Waals surface area (Å²) in [5.74, 6) is -2.01. The number of carboxylic acids is 1. The average molecular weight is 368 g/mol. The van der Waals surface area contributed by atoms with Crippen molar-refractivity contribution >= 4 is 23.6 Å². The number of anilines is 1. The van der Waals surface area contributed by atoms with Crippen LogP contribution in [0.25, 0.3) is 0 Å². The van der Waals surface area contributed by atoms with E-state index in [2.05, 4.69) is 14.8 Å². The van der Waals surface area contributed by atoms with Crippen LogP contribution in [-0.2, 0) is 30.3 Å². The number of aliphatic carboxylic acids is 1. The highest BCUT2D eigenvalue weighted by Gasteiger charge is 2.17. The first-order valence-corrected chi connectivity index (χ1v) is 8.40. The summed E-state index contributed by atoms with van der Waals surface area (Å²) in [5.41, 5.74) is 7.01. The highest BCUT2D eigenvalue weighted by molar-refractivity contribution is 5.79. The summed E-state index contributed by atoms with van der Waals surface area (Å²) >= 11 is 0. The van der Waals surface area contributed by atoms with Gasteiger partial charge in [0.1, 0.15) is 6.04 Å². The molecule has 0 saturated heterocycles. The van der Waals surface area contributed by atoms with E-state index in [0.717, 1.165) is 17.7 Å². The molecule has 0 spiro atoms. The van der Waals surface area contributed by atoms with Crippen molar-refractivity contribution in [1.82, 2.24) is 0 Å². The summed E-state index contributed by atoms with van der Waals surface area (Å²) in [7, 11) is 0. The molecule has 1 aromatic carbocycles. The van der Waals surface area contributed by atoms with E-state index < -0.39 is 30.1 Å². The Morgan fingerprint density at radius 3 is 2.31 bits per heavy atom. The maximum absolute atomic E-state index is 10.9. The number of carbonyl (C=O) groups excluding carboxylic acids is 2. The minimum atomic E-state index is -0.874. The van der Waals surface area contributed by atoms with E-state index >= 15 is 0 Å². The van der Waals surface area contributed by atoms with E-state index in [1.54, 1.807) is 13.8 Å². The maximum Gasteiger partial charge on any atom is 0.347 e. The second-order valence-electron chi connectivity index (χ2n) is 5.30. The highest BCUT2D eigenvalue weighted by Crippen LogP contribution is 2.16. The summed E-state index contributed by atoms with van der Waals surface area (Å²) in [6.07, 6.45) is 0.0243. The number of hydrogen-bond donors (Lipinski definition) is 3. The SMILES string of the molecule is CCOC(=O)C(C)OC(=O)CN.CCc1ccccc1N[C@@H](C)C(=O)O. The van der Waals surface area contributed by atoms with E-state index in [0.29, 0.717) is 0 Å². The third-order valence-corrected chi connectivity index (χ3v) is 3.23. The van der Waals surface area contributed by atoms with Crippen LogP contribution in [0, 0.1) is 0 Å². The molecule has 0 aromatic heterocycles. The van der Waals surface area contributed by atoms with Gasteiger partial charge < -0.3 is 25.6 Å². The number of esters is 2. The van der Waals surface area contributed by atoms with Gasteiger partial charge in [0, 0.05) is 5.69 Å². The van der Waals surface area contributed by atoms with Gasteiger partial charge in [-0.2, -0.15) is 0 Å². The lowest BCUT2D eigenvalue weighted by atomic mass is 10.1. The molecular formula is C18H28N2O6. The summed E-state index contributed by atoms with van der Waals surface area (Å²) < 4.78 is 9.17.